The fraction of sp³-hybridized carbons (Fsp3) is 0.368. The molecule has 0 radical (unpaired) electrons. The molecule has 26 heavy (non-hydrogen) atoms. The van der Waals surface area contributed by atoms with Crippen LogP contribution in [0.25, 0.3) is 0 Å². The average Bonchev–Trinajstić information content (AvgIpc) is 2.64. The monoisotopic (exact) mass is 396 g/mol. The van der Waals surface area contributed by atoms with Crippen molar-refractivity contribution in [3.63, 3.8) is 0 Å². The van der Waals surface area contributed by atoms with Crippen LogP contribution in [0, 0.1) is 5.92 Å². The van der Waals surface area contributed by atoms with Crippen molar-refractivity contribution < 1.29 is 4.79 Å². The fourth-order valence-electron chi connectivity index (χ4n) is 3.07. The lowest BCUT2D eigenvalue weighted by molar-refractivity contribution is -0.120. The molecule has 0 aliphatic heterocycles. The van der Waals surface area contributed by atoms with Crippen LogP contribution in [-0.2, 0) is 11.3 Å². The maximum absolute atomic E-state index is 12.3. The number of carbonyl (C=O) groups excluding carboxylic acids is 1. The Bertz CT molecular complexity index is 635. The quantitative estimate of drug-likeness (QED) is 0.650. The van der Waals surface area contributed by atoms with Gasteiger partial charge in [0.25, 0.3) is 0 Å². The standard InChI is InChI=1S/C19H24N4O.2ClH/c24-19(22-17-10-12-20-13-11-17)16-6-8-18(9-7-16)23-21-14-15-4-2-1-3-5-15;;/h1-5,10-13,16,18,21,23H,6-9,14H2,(H,20,22,24);2*1H/t16-,18-;;. The van der Waals surface area contributed by atoms with Gasteiger partial charge in [0.2, 0.25) is 5.91 Å². The molecule has 5 nitrogen and oxygen atoms in total. The highest BCUT2D eigenvalue weighted by molar-refractivity contribution is 5.92. The van der Waals surface area contributed by atoms with E-state index in [0.29, 0.717) is 6.04 Å². The largest absolute Gasteiger partial charge is 0.326 e. The first-order valence-electron chi connectivity index (χ1n) is 8.54. The number of nitrogens with one attached hydrogen (secondary N) is 3. The predicted octanol–water partition coefficient (Wildman–Crippen LogP) is 3.72. The van der Waals surface area contributed by atoms with Gasteiger partial charge in [-0.1, -0.05) is 30.3 Å². The Hall–Kier alpha value is -1.66. The van der Waals surface area contributed by atoms with Gasteiger partial charge < -0.3 is 5.32 Å². The van der Waals surface area contributed by atoms with Crippen molar-refractivity contribution in [1.82, 2.24) is 15.8 Å². The molecule has 1 amide bonds. The van der Waals surface area contributed by atoms with Gasteiger partial charge in [-0.2, -0.15) is 0 Å². The van der Waals surface area contributed by atoms with Gasteiger partial charge in [-0.25, -0.2) is 0 Å². The Kier molecular flexibility index (Phi) is 10.2. The highest BCUT2D eigenvalue weighted by atomic mass is 35.5. The van der Waals surface area contributed by atoms with Gasteiger partial charge in [-0.05, 0) is 43.4 Å². The van der Waals surface area contributed by atoms with Crippen molar-refractivity contribution in [2.75, 3.05) is 5.32 Å². The molecule has 0 atom stereocenters. The Morgan fingerprint density at radius 3 is 2.27 bits per heavy atom. The molecule has 0 unspecified atom stereocenters. The van der Waals surface area contributed by atoms with Crippen LogP contribution in [-0.4, -0.2) is 16.9 Å². The van der Waals surface area contributed by atoms with Crippen molar-refractivity contribution in [2.45, 2.75) is 38.3 Å². The molecule has 1 fully saturated rings. The van der Waals surface area contributed by atoms with Crippen LogP contribution in [0.15, 0.2) is 54.9 Å². The molecule has 0 spiro atoms. The van der Waals surface area contributed by atoms with Crippen LogP contribution in [0.4, 0.5) is 5.69 Å². The van der Waals surface area contributed by atoms with Gasteiger partial charge in [0.15, 0.2) is 0 Å². The Morgan fingerprint density at radius 1 is 0.962 bits per heavy atom. The summed E-state index contributed by atoms with van der Waals surface area (Å²) in [5, 5.41) is 2.98. The second kappa shape index (κ2) is 11.9. The maximum atomic E-state index is 12.3. The highest BCUT2D eigenvalue weighted by Gasteiger charge is 2.26. The van der Waals surface area contributed by atoms with Crippen molar-refractivity contribution in [3.05, 3.63) is 60.4 Å². The first-order valence-corrected chi connectivity index (χ1v) is 8.54. The van der Waals surface area contributed by atoms with Crippen LogP contribution in [0.1, 0.15) is 31.2 Å². The van der Waals surface area contributed by atoms with Gasteiger partial charge in [-0.15, -0.1) is 24.8 Å². The SMILES string of the molecule is Cl.Cl.O=C(Nc1ccncc1)[C@H]1CC[C@H](NNCc2ccccc2)CC1. The van der Waals surface area contributed by atoms with Crippen molar-refractivity contribution in [2.24, 2.45) is 5.92 Å². The van der Waals surface area contributed by atoms with Crippen LogP contribution in [0.2, 0.25) is 0 Å². The molecule has 2 aromatic rings. The van der Waals surface area contributed by atoms with E-state index in [-0.39, 0.29) is 36.6 Å². The number of hydrogen-bond acceptors (Lipinski definition) is 4. The number of carbonyl (C=O) groups is 1. The molecule has 0 saturated heterocycles. The summed E-state index contributed by atoms with van der Waals surface area (Å²) in [5.41, 5.74) is 8.77. The number of halogens is 2. The molecule has 1 aromatic carbocycles. The molecular weight excluding hydrogens is 371 g/mol. The van der Waals surface area contributed by atoms with E-state index in [0.717, 1.165) is 37.9 Å². The molecule has 3 N–H and O–H groups in total. The number of amides is 1. The smallest absolute Gasteiger partial charge is 0.227 e. The molecule has 3 rings (SSSR count). The summed E-state index contributed by atoms with van der Waals surface area (Å²) >= 11 is 0. The minimum absolute atomic E-state index is 0. The number of benzene rings is 1. The minimum Gasteiger partial charge on any atom is -0.326 e. The molecule has 1 aliphatic rings. The van der Waals surface area contributed by atoms with Gasteiger partial charge >= 0.3 is 0 Å². The van der Waals surface area contributed by atoms with Gasteiger partial charge in [0.05, 0.1) is 0 Å². The van der Waals surface area contributed by atoms with E-state index in [9.17, 15) is 4.79 Å². The Labute approximate surface area is 167 Å². The van der Waals surface area contributed by atoms with Gasteiger partial charge in [0.1, 0.15) is 0 Å². The Balaban J connectivity index is 0.00000169. The third kappa shape index (κ3) is 6.92. The first-order chi connectivity index (χ1) is 11.8. The van der Waals surface area contributed by atoms with Gasteiger partial charge in [-0.3, -0.25) is 20.6 Å². The minimum atomic E-state index is 0. The number of anilines is 1. The number of nitrogens with zero attached hydrogens (tertiary/aromatic N) is 1. The summed E-state index contributed by atoms with van der Waals surface area (Å²) in [6, 6.07) is 14.4. The molecule has 1 heterocycles. The zero-order valence-corrected chi connectivity index (χ0v) is 16.2. The number of rotatable bonds is 6. The number of hydrogen-bond donors (Lipinski definition) is 3. The number of aromatic nitrogens is 1. The fourth-order valence-corrected chi connectivity index (χ4v) is 3.07. The second-order valence-electron chi connectivity index (χ2n) is 6.26. The maximum Gasteiger partial charge on any atom is 0.227 e. The predicted molar refractivity (Wildman–Crippen MR) is 110 cm³/mol. The van der Waals surface area contributed by atoms with Crippen molar-refractivity contribution in [3.8, 4) is 0 Å². The highest BCUT2D eigenvalue weighted by Crippen LogP contribution is 2.25. The van der Waals surface area contributed by atoms with Crippen LogP contribution in [0.3, 0.4) is 0 Å². The van der Waals surface area contributed by atoms with Gasteiger partial charge in [0, 0.05) is 36.6 Å². The average molecular weight is 397 g/mol. The van der Waals surface area contributed by atoms with Crippen molar-refractivity contribution >= 4 is 36.4 Å². The topological polar surface area (TPSA) is 66.0 Å². The summed E-state index contributed by atoms with van der Waals surface area (Å²) in [4.78, 5) is 16.3. The third-order valence-corrected chi connectivity index (χ3v) is 4.49. The van der Waals surface area contributed by atoms with E-state index in [1.807, 2.05) is 30.3 Å². The molecule has 7 heteroatoms. The van der Waals surface area contributed by atoms with E-state index in [1.165, 1.54) is 5.56 Å². The molecule has 1 saturated carbocycles. The summed E-state index contributed by atoms with van der Waals surface area (Å²) < 4.78 is 0. The molecule has 142 valence electrons. The number of pyridine rings is 1. The van der Waals surface area contributed by atoms with E-state index in [1.54, 1.807) is 12.4 Å². The van der Waals surface area contributed by atoms with E-state index in [4.69, 9.17) is 0 Å². The summed E-state index contributed by atoms with van der Waals surface area (Å²) in [5.74, 6) is 0.224. The zero-order valence-electron chi connectivity index (χ0n) is 14.6. The molecular formula is C19H26Cl2N4O. The summed E-state index contributed by atoms with van der Waals surface area (Å²) in [6.45, 7) is 0.809. The summed E-state index contributed by atoms with van der Waals surface area (Å²) in [7, 11) is 0. The lowest BCUT2D eigenvalue weighted by Gasteiger charge is -2.28. The third-order valence-electron chi connectivity index (χ3n) is 4.49. The molecule has 0 bridgehead atoms. The second-order valence-corrected chi connectivity index (χ2v) is 6.26. The molecule has 1 aliphatic carbocycles. The van der Waals surface area contributed by atoms with Crippen LogP contribution in [0.5, 0.6) is 0 Å². The first kappa shape index (κ1) is 22.4. The summed E-state index contributed by atoms with van der Waals surface area (Å²) in [6.07, 6.45) is 7.24. The van der Waals surface area contributed by atoms with Crippen LogP contribution < -0.4 is 16.2 Å². The number of hydrazine groups is 1. The van der Waals surface area contributed by atoms with E-state index in [2.05, 4.69) is 33.3 Å². The molecule has 1 aromatic heterocycles. The lowest BCUT2D eigenvalue weighted by atomic mass is 9.85. The normalized spacial score (nSPS) is 18.9. The van der Waals surface area contributed by atoms with Crippen molar-refractivity contribution in [1.29, 1.82) is 0 Å². The van der Waals surface area contributed by atoms with E-state index >= 15 is 0 Å². The van der Waals surface area contributed by atoms with Crippen LogP contribution >= 0.6 is 24.8 Å². The lowest BCUT2D eigenvalue weighted by Crippen LogP contribution is -2.43. The zero-order chi connectivity index (χ0) is 16.6. The Morgan fingerprint density at radius 2 is 1.62 bits per heavy atom. The van der Waals surface area contributed by atoms with E-state index < -0.39 is 0 Å².